The molecule has 0 saturated carbocycles. The molecular formula is C95H114BBrClF3N6O17S3. The molecule has 23 nitrogen and oxygen atoms in total. The molecule has 0 aromatic heterocycles. The van der Waals surface area contributed by atoms with Crippen LogP contribution in [0.3, 0.4) is 0 Å². The first-order valence-electron chi connectivity index (χ1n) is 40.9. The SMILES string of the molecule is COC(=O)[C@@H](OC(C)(C)C)c1c(C)c2c(c(C)c1-c1cccc(N)c1C)-c1c(F)cccc1CN2S(C)(=O)=O.COC(=O)[C@@H](OC(C)(C)C)c1c(C)c2c(c(C)c1Br)-c1c(F)cccc1CN2S(C)(=O)=O.Cc1c(-c2c(C)c3c(c(C)c2[C@H](OC(C)(C)C)C(=O)O)N(S(C)(=O)=O)Cc2cccc(F)c2-3)ccc(Cl)c1N.Cc1c(N)cccc1B1OC(C)(C)C(C)(C)O1. The minimum atomic E-state index is -3.84. The van der Waals surface area contributed by atoms with Crippen LogP contribution in [0.5, 0.6) is 0 Å². The normalized spacial score (nSPS) is 15.2. The predicted octanol–water partition coefficient (Wildman–Crippen LogP) is 19.6. The van der Waals surface area contributed by atoms with Crippen LogP contribution < -0.4 is 35.6 Å². The summed E-state index contributed by atoms with van der Waals surface area (Å²) in [6, 6.07) is 28.5. The Kier molecular flexibility index (Phi) is 28.6. The van der Waals surface area contributed by atoms with Gasteiger partial charge in [-0.15, -0.1) is 0 Å². The summed E-state index contributed by atoms with van der Waals surface area (Å²) in [4.78, 5) is 38.8. The number of nitrogen functional groups attached to an aromatic ring is 3. The topological polar surface area (TPSA) is 326 Å². The Labute approximate surface area is 758 Å². The number of hydrogen-bond acceptors (Lipinski definition) is 19. The quantitative estimate of drug-likeness (QED) is 0.0421. The number of carbonyl (C=O) groups is 3. The third-order valence-corrected chi connectivity index (χ3v) is 28.2. The number of aliphatic carboxylic acids is 1. The number of halogens is 5. The number of sulfonamides is 3. The zero-order valence-electron chi connectivity index (χ0n) is 76.9. The van der Waals surface area contributed by atoms with E-state index < -0.39 is 101 Å². The number of benzene rings is 9. The molecule has 32 heteroatoms. The number of carboxylic acids is 1. The molecular weight excluding hydrogens is 1780 g/mol. The second kappa shape index (κ2) is 36.4. The smallest absolute Gasteiger partial charge is 0.479 e. The molecule has 0 bridgehead atoms. The second-order valence-corrected chi connectivity index (χ2v) is 43.3. The third-order valence-electron chi connectivity index (χ3n) is 23.5. The number of carboxylic acid groups (broad SMARTS) is 1. The molecule has 682 valence electrons. The lowest BCUT2D eigenvalue weighted by atomic mass is 9.76. The molecule has 3 atom stereocenters. The number of esters is 2. The summed E-state index contributed by atoms with van der Waals surface area (Å²) in [6.07, 6.45) is -0.465. The lowest BCUT2D eigenvalue weighted by Gasteiger charge is -2.37. The highest BCUT2D eigenvalue weighted by atomic mass is 79.9. The number of hydrogen-bond donors (Lipinski definition) is 4. The summed E-state index contributed by atoms with van der Waals surface area (Å²) in [5.41, 5.74) is 32.1. The van der Waals surface area contributed by atoms with Crippen LogP contribution in [0, 0.1) is 79.8 Å². The standard InChI is InChI=1S/C30H35FN2O5S.C29H32ClFN2O5S.C23H27BrFNO5S.C13H20BNO2/c1-16-20(12-10-14-22(16)32)23-17(2)24-26-19(11-9-13-21(26)31)15-33(39(8,35)36)27(24)18(3)25(23)28(29(34)37-7)38-30(4,5)6;1-14-18(11-12-19(30)25(14)32)21-15(2)22-24-17(9-8-10-20(24)31)13-33(39(7,36)37)26(22)16(3)23(21)27(28(34)35)38-29(4,5)6;1-12-16-18-14(9-8-10-15(18)25)11-26(32(7,28)29)20(16)13(2)17(19(12)24)21(22(27)30-6)31-23(3,4)5;1-9-10(7-6-8-11(9)15)14-16-12(2,3)13(4,5)17-14/h9-14,28H,15,32H2,1-8H3;8-12,27H,13,32H2,1-7H3,(H,34,35);8-10,21H,11H2,1-7H3;6-8H,15H2,1-5H3/t28-;27-;21-;/m000./s1. The van der Waals surface area contributed by atoms with Crippen LogP contribution >= 0.6 is 27.5 Å². The van der Waals surface area contributed by atoms with Gasteiger partial charge in [-0.2, -0.15) is 0 Å². The number of fused-ring (bicyclic) bond motifs is 9. The van der Waals surface area contributed by atoms with E-state index in [2.05, 4.69) is 43.6 Å². The highest BCUT2D eigenvalue weighted by Crippen LogP contribution is 2.57. The van der Waals surface area contributed by atoms with Gasteiger partial charge in [0.15, 0.2) is 18.3 Å². The zero-order chi connectivity index (χ0) is 95.2. The van der Waals surface area contributed by atoms with E-state index >= 15 is 8.78 Å². The van der Waals surface area contributed by atoms with Gasteiger partial charge in [0.05, 0.1) is 108 Å². The Balaban J connectivity index is 0.000000182. The number of nitrogens with two attached hydrogens (primary N) is 3. The molecule has 9 aromatic rings. The van der Waals surface area contributed by atoms with E-state index in [0.29, 0.717) is 144 Å². The molecule has 0 unspecified atom stereocenters. The van der Waals surface area contributed by atoms with Gasteiger partial charge in [-0.25, -0.2) is 52.8 Å². The van der Waals surface area contributed by atoms with Gasteiger partial charge < -0.3 is 55.3 Å². The van der Waals surface area contributed by atoms with Gasteiger partial charge >= 0.3 is 25.0 Å². The first-order chi connectivity index (χ1) is 58.5. The maximum Gasteiger partial charge on any atom is 0.495 e. The summed E-state index contributed by atoms with van der Waals surface area (Å²) in [6.45, 7) is 40.2. The van der Waals surface area contributed by atoms with Crippen molar-refractivity contribution >= 4 is 122 Å². The Hall–Kier alpha value is -9.54. The van der Waals surface area contributed by atoms with Gasteiger partial charge in [0.1, 0.15) is 17.5 Å². The molecule has 127 heavy (non-hydrogen) atoms. The van der Waals surface area contributed by atoms with Gasteiger partial charge in [0, 0.05) is 65.9 Å². The Morgan fingerprint density at radius 1 is 0.449 bits per heavy atom. The van der Waals surface area contributed by atoms with Crippen molar-refractivity contribution < 1.29 is 90.9 Å². The van der Waals surface area contributed by atoms with Crippen molar-refractivity contribution in [3.8, 4) is 55.6 Å². The summed E-state index contributed by atoms with van der Waals surface area (Å²) in [5, 5.41) is 10.8. The number of rotatable bonds is 15. The Bertz CT molecular complexity index is 6300. The van der Waals surface area contributed by atoms with Crippen LogP contribution in [0.1, 0.15) is 192 Å². The third kappa shape index (κ3) is 19.8. The van der Waals surface area contributed by atoms with Crippen LogP contribution in [-0.2, 0) is 97.1 Å². The zero-order valence-corrected chi connectivity index (χ0v) is 81.7. The van der Waals surface area contributed by atoms with Crippen LogP contribution in [0.25, 0.3) is 55.6 Å². The average Bonchev–Trinajstić information content (AvgIpc) is 1.05. The van der Waals surface area contributed by atoms with Gasteiger partial charge in [-0.1, -0.05) is 94.3 Å². The van der Waals surface area contributed by atoms with Crippen LogP contribution in [0.4, 0.5) is 47.3 Å². The van der Waals surface area contributed by atoms with Crippen molar-refractivity contribution in [2.45, 2.75) is 218 Å². The minimum Gasteiger partial charge on any atom is -0.479 e. The lowest BCUT2D eigenvalue weighted by molar-refractivity contribution is -0.164. The molecule has 4 aliphatic heterocycles. The monoisotopic (exact) mass is 1890 g/mol. The molecule has 1 saturated heterocycles. The van der Waals surface area contributed by atoms with Crippen LogP contribution in [0.15, 0.2) is 108 Å². The van der Waals surface area contributed by atoms with Crippen molar-refractivity contribution in [1.29, 1.82) is 0 Å². The molecule has 4 heterocycles. The van der Waals surface area contributed by atoms with Crippen LogP contribution in [-0.4, -0.2) is 116 Å². The number of nitrogens with zero attached hydrogens (tertiary/aromatic N) is 3. The van der Waals surface area contributed by atoms with E-state index in [9.17, 15) is 49.1 Å². The van der Waals surface area contributed by atoms with Gasteiger partial charge in [0.2, 0.25) is 30.1 Å². The maximum atomic E-state index is 15.5. The van der Waals surface area contributed by atoms with Crippen molar-refractivity contribution in [1.82, 2.24) is 0 Å². The molecule has 0 aliphatic carbocycles. The second-order valence-electron chi connectivity index (χ2n) is 36.4. The van der Waals surface area contributed by atoms with Gasteiger partial charge in [0.25, 0.3) is 0 Å². The molecule has 7 N–H and O–H groups in total. The largest absolute Gasteiger partial charge is 0.495 e. The Morgan fingerprint density at radius 3 is 1.13 bits per heavy atom. The predicted molar refractivity (Wildman–Crippen MR) is 503 cm³/mol. The molecule has 0 radical (unpaired) electrons. The molecule has 13 rings (SSSR count). The number of ether oxygens (including phenoxy) is 5. The van der Waals surface area contributed by atoms with Gasteiger partial charge in [-0.3, -0.25) is 12.9 Å². The average molecular weight is 1890 g/mol. The molecule has 0 spiro atoms. The van der Waals surface area contributed by atoms with Crippen molar-refractivity contribution in [3.63, 3.8) is 0 Å². The highest BCUT2D eigenvalue weighted by Gasteiger charge is 2.53. The molecule has 4 aliphatic rings. The Morgan fingerprint density at radius 2 is 0.772 bits per heavy atom. The number of methoxy groups -OCH3 is 2. The fourth-order valence-electron chi connectivity index (χ4n) is 16.7. The first-order valence-corrected chi connectivity index (χ1v) is 47.6. The van der Waals surface area contributed by atoms with Crippen molar-refractivity contribution in [2.24, 2.45) is 0 Å². The summed E-state index contributed by atoms with van der Waals surface area (Å²) < 4.78 is 169. The molecule has 1 fully saturated rings. The fourth-order valence-corrected chi connectivity index (χ4v) is 20.4. The van der Waals surface area contributed by atoms with E-state index in [4.69, 9.17) is 61.8 Å². The number of carbonyl (C=O) groups excluding carboxylic acids is 2. The fraction of sp³-hybridized carbons (Fsp3) is 0.400. The van der Waals surface area contributed by atoms with Gasteiger partial charge in [-0.05, 0) is 283 Å². The summed E-state index contributed by atoms with van der Waals surface area (Å²) >= 11 is 9.87. The van der Waals surface area contributed by atoms with Crippen molar-refractivity contribution in [3.05, 3.63) is 214 Å². The van der Waals surface area contributed by atoms with E-state index in [1.807, 2.05) is 92.6 Å². The molecule has 9 aromatic carbocycles. The highest BCUT2D eigenvalue weighted by molar-refractivity contribution is 9.10. The number of anilines is 6. The summed E-state index contributed by atoms with van der Waals surface area (Å²) in [7, 11) is -9.13. The van der Waals surface area contributed by atoms with E-state index in [-0.39, 0.29) is 54.8 Å². The van der Waals surface area contributed by atoms with Crippen molar-refractivity contribution in [2.75, 3.05) is 63.1 Å². The summed E-state index contributed by atoms with van der Waals surface area (Å²) in [5.74, 6) is -3.89. The van der Waals surface area contributed by atoms with E-state index in [1.165, 1.54) is 45.3 Å². The maximum absolute atomic E-state index is 15.5. The molecule has 0 amide bonds. The minimum absolute atomic E-state index is 0.0106. The lowest BCUT2D eigenvalue weighted by Crippen LogP contribution is -2.41. The van der Waals surface area contributed by atoms with E-state index in [0.717, 1.165) is 46.6 Å². The first kappa shape index (κ1) is 99.6. The van der Waals surface area contributed by atoms with E-state index in [1.54, 1.807) is 117 Å². The van der Waals surface area contributed by atoms with Crippen LogP contribution in [0.2, 0.25) is 5.02 Å².